The molecule has 0 aliphatic heterocycles. The smallest absolute Gasteiger partial charge is 0.255 e. The molecule has 0 radical (unpaired) electrons. The second kappa shape index (κ2) is 7.38. The minimum atomic E-state index is -0.253. The summed E-state index contributed by atoms with van der Waals surface area (Å²) in [6, 6.07) is 8.96. The Hall–Kier alpha value is -2.20. The third-order valence-corrected chi connectivity index (χ3v) is 3.83. The van der Waals surface area contributed by atoms with Gasteiger partial charge in [0, 0.05) is 11.3 Å². The Morgan fingerprint density at radius 1 is 1.17 bits per heavy atom. The molecule has 2 aromatic rings. The number of rotatable bonds is 5. The van der Waals surface area contributed by atoms with Gasteiger partial charge in [-0.1, -0.05) is 17.7 Å². The number of anilines is 1. The molecule has 4 nitrogen and oxygen atoms in total. The van der Waals surface area contributed by atoms with Crippen molar-refractivity contribution in [3.05, 3.63) is 52.0 Å². The first-order chi connectivity index (χ1) is 11.0. The molecule has 0 atom stereocenters. The lowest BCUT2D eigenvalue weighted by atomic mass is 10.1. The Morgan fingerprint density at radius 2 is 1.91 bits per heavy atom. The molecule has 2 aromatic carbocycles. The highest BCUT2D eigenvalue weighted by molar-refractivity contribution is 6.32. The number of aryl methyl sites for hydroxylation is 2. The zero-order valence-electron chi connectivity index (χ0n) is 13.7. The number of carbonyl (C=O) groups excluding carboxylic acids is 1. The van der Waals surface area contributed by atoms with Crippen LogP contribution in [0.25, 0.3) is 0 Å². The number of benzene rings is 2. The van der Waals surface area contributed by atoms with Crippen molar-refractivity contribution >= 4 is 23.2 Å². The summed E-state index contributed by atoms with van der Waals surface area (Å²) in [6.07, 6.45) is 0. The number of nitrogens with one attached hydrogen (secondary N) is 1. The molecule has 0 unspecified atom stereocenters. The molecule has 0 fully saturated rings. The number of hydrogen-bond acceptors (Lipinski definition) is 3. The summed E-state index contributed by atoms with van der Waals surface area (Å²) in [7, 11) is 1.51. The van der Waals surface area contributed by atoms with Crippen LogP contribution in [0.2, 0.25) is 5.02 Å². The average Bonchev–Trinajstić information content (AvgIpc) is 2.52. The lowest BCUT2D eigenvalue weighted by molar-refractivity contribution is 0.102. The Kier molecular flexibility index (Phi) is 5.50. The first-order valence-corrected chi connectivity index (χ1v) is 7.73. The molecule has 23 heavy (non-hydrogen) atoms. The first kappa shape index (κ1) is 17.2. The number of halogens is 1. The Labute approximate surface area is 141 Å². The molecule has 1 amide bonds. The maximum atomic E-state index is 12.4. The number of carbonyl (C=O) groups is 1. The largest absolute Gasteiger partial charge is 0.493 e. The Morgan fingerprint density at radius 3 is 2.52 bits per heavy atom. The van der Waals surface area contributed by atoms with Crippen molar-refractivity contribution in [3.8, 4) is 11.5 Å². The Bertz CT molecular complexity index is 728. The summed E-state index contributed by atoms with van der Waals surface area (Å²) in [5.41, 5.74) is 3.44. The summed E-state index contributed by atoms with van der Waals surface area (Å²) >= 11 is 6.20. The minimum Gasteiger partial charge on any atom is -0.493 e. The van der Waals surface area contributed by atoms with Gasteiger partial charge >= 0.3 is 0 Å². The average molecular weight is 334 g/mol. The summed E-state index contributed by atoms with van der Waals surface area (Å²) in [4.78, 5) is 12.4. The van der Waals surface area contributed by atoms with Crippen LogP contribution in [0.3, 0.4) is 0 Å². The van der Waals surface area contributed by atoms with Gasteiger partial charge in [0.1, 0.15) is 0 Å². The van der Waals surface area contributed by atoms with Crippen molar-refractivity contribution in [1.82, 2.24) is 0 Å². The third-order valence-electron chi connectivity index (χ3n) is 3.55. The molecule has 2 rings (SSSR count). The van der Waals surface area contributed by atoms with E-state index in [-0.39, 0.29) is 5.91 Å². The van der Waals surface area contributed by atoms with E-state index in [1.807, 2.05) is 39.0 Å². The fourth-order valence-corrected chi connectivity index (χ4v) is 2.42. The van der Waals surface area contributed by atoms with E-state index >= 15 is 0 Å². The molecule has 0 saturated carbocycles. The van der Waals surface area contributed by atoms with Crippen LogP contribution in [0.15, 0.2) is 30.3 Å². The minimum absolute atomic E-state index is 0.253. The van der Waals surface area contributed by atoms with Crippen molar-refractivity contribution in [3.63, 3.8) is 0 Å². The monoisotopic (exact) mass is 333 g/mol. The zero-order chi connectivity index (χ0) is 17.0. The van der Waals surface area contributed by atoms with E-state index in [4.69, 9.17) is 21.1 Å². The maximum Gasteiger partial charge on any atom is 0.255 e. The molecule has 0 bridgehead atoms. The topological polar surface area (TPSA) is 47.6 Å². The molecule has 0 aromatic heterocycles. The van der Waals surface area contributed by atoms with Crippen molar-refractivity contribution in [2.75, 3.05) is 19.0 Å². The first-order valence-electron chi connectivity index (χ1n) is 7.35. The quantitative estimate of drug-likeness (QED) is 0.868. The standard InChI is InChI=1S/C18H20ClNO3/c1-5-23-17-15(19)9-13(10-16(17)22-4)18(21)20-14-7-6-11(2)12(3)8-14/h6-10H,5H2,1-4H3,(H,20,21). The van der Waals surface area contributed by atoms with Crippen LogP contribution in [-0.4, -0.2) is 19.6 Å². The van der Waals surface area contributed by atoms with E-state index in [2.05, 4.69) is 5.32 Å². The van der Waals surface area contributed by atoms with Crippen LogP contribution in [0.1, 0.15) is 28.4 Å². The lowest BCUT2D eigenvalue weighted by Gasteiger charge is -2.13. The van der Waals surface area contributed by atoms with E-state index in [9.17, 15) is 4.79 Å². The van der Waals surface area contributed by atoms with Gasteiger partial charge in [-0.3, -0.25) is 4.79 Å². The molecule has 0 aliphatic rings. The molecule has 5 heteroatoms. The van der Waals surface area contributed by atoms with E-state index in [1.165, 1.54) is 12.7 Å². The van der Waals surface area contributed by atoms with Crippen molar-refractivity contribution in [2.45, 2.75) is 20.8 Å². The van der Waals surface area contributed by atoms with Crippen LogP contribution in [0, 0.1) is 13.8 Å². The number of hydrogen-bond donors (Lipinski definition) is 1. The van der Waals surface area contributed by atoms with E-state index < -0.39 is 0 Å². The second-order valence-electron chi connectivity index (χ2n) is 5.18. The van der Waals surface area contributed by atoms with Gasteiger partial charge in [-0.15, -0.1) is 0 Å². The second-order valence-corrected chi connectivity index (χ2v) is 5.58. The van der Waals surface area contributed by atoms with Crippen molar-refractivity contribution in [1.29, 1.82) is 0 Å². The van der Waals surface area contributed by atoms with Gasteiger partial charge < -0.3 is 14.8 Å². The van der Waals surface area contributed by atoms with Crippen LogP contribution >= 0.6 is 11.6 Å². The number of ether oxygens (including phenoxy) is 2. The predicted octanol–water partition coefficient (Wildman–Crippen LogP) is 4.62. The summed E-state index contributed by atoms with van der Waals surface area (Å²) < 4.78 is 10.7. The molecule has 0 aliphatic carbocycles. The van der Waals surface area contributed by atoms with Gasteiger partial charge in [-0.2, -0.15) is 0 Å². The highest BCUT2D eigenvalue weighted by atomic mass is 35.5. The fraction of sp³-hybridized carbons (Fsp3) is 0.278. The van der Waals surface area contributed by atoms with Gasteiger partial charge in [0.25, 0.3) is 5.91 Å². The van der Waals surface area contributed by atoms with Crippen LogP contribution in [0.4, 0.5) is 5.69 Å². The van der Waals surface area contributed by atoms with Crippen LogP contribution < -0.4 is 14.8 Å². The summed E-state index contributed by atoms with van der Waals surface area (Å²) in [6.45, 7) is 6.35. The predicted molar refractivity (Wildman–Crippen MR) is 93.0 cm³/mol. The molecule has 0 saturated heterocycles. The normalized spacial score (nSPS) is 10.3. The number of methoxy groups -OCH3 is 1. The van der Waals surface area contributed by atoms with Crippen molar-refractivity contribution < 1.29 is 14.3 Å². The van der Waals surface area contributed by atoms with E-state index in [0.717, 1.165) is 11.3 Å². The van der Waals surface area contributed by atoms with Gasteiger partial charge in [0.15, 0.2) is 11.5 Å². The van der Waals surface area contributed by atoms with Crippen molar-refractivity contribution in [2.24, 2.45) is 0 Å². The fourth-order valence-electron chi connectivity index (χ4n) is 2.16. The molecule has 1 N–H and O–H groups in total. The maximum absolute atomic E-state index is 12.4. The summed E-state index contributed by atoms with van der Waals surface area (Å²) in [5.74, 6) is 0.625. The zero-order valence-corrected chi connectivity index (χ0v) is 14.5. The molecular formula is C18H20ClNO3. The third kappa shape index (κ3) is 3.96. The highest BCUT2D eigenvalue weighted by Gasteiger charge is 2.16. The van der Waals surface area contributed by atoms with Crippen LogP contribution in [0.5, 0.6) is 11.5 Å². The highest BCUT2D eigenvalue weighted by Crippen LogP contribution is 2.36. The molecular weight excluding hydrogens is 314 g/mol. The van der Waals surface area contributed by atoms with Gasteiger partial charge in [-0.05, 0) is 56.2 Å². The van der Waals surface area contributed by atoms with Gasteiger partial charge in [0.2, 0.25) is 0 Å². The van der Waals surface area contributed by atoms with E-state index in [1.54, 1.807) is 12.1 Å². The molecule has 0 heterocycles. The van der Waals surface area contributed by atoms with Crippen LogP contribution in [-0.2, 0) is 0 Å². The molecule has 122 valence electrons. The SMILES string of the molecule is CCOc1c(Cl)cc(C(=O)Nc2ccc(C)c(C)c2)cc1OC. The lowest BCUT2D eigenvalue weighted by Crippen LogP contribution is -2.12. The van der Waals surface area contributed by atoms with Gasteiger partial charge in [0.05, 0.1) is 18.7 Å². The van der Waals surface area contributed by atoms with E-state index in [0.29, 0.717) is 28.7 Å². The van der Waals surface area contributed by atoms with Gasteiger partial charge in [-0.25, -0.2) is 0 Å². The summed E-state index contributed by atoms with van der Waals surface area (Å²) in [5, 5.41) is 3.21. The Balaban J connectivity index is 2.28. The molecule has 0 spiro atoms. The number of amides is 1.